The number of ether oxygens (including phenoxy) is 1. The van der Waals surface area contributed by atoms with Gasteiger partial charge in [0.2, 0.25) is 0 Å². The minimum Gasteiger partial charge on any atom is -0.394 e. The molecule has 0 aliphatic heterocycles. The summed E-state index contributed by atoms with van der Waals surface area (Å²) in [7, 11) is 1.14. The molecule has 0 aromatic rings. The van der Waals surface area contributed by atoms with Crippen LogP contribution >= 0.6 is 0 Å². The Morgan fingerprint density at radius 1 is 1.38 bits per heavy atom. The van der Waals surface area contributed by atoms with Gasteiger partial charge in [0.25, 0.3) is 0 Å². The maximum Gasteiger partial charge on any atom is 0.463 e. The first-order valence-corrected chi connectivity index (χ1v) is 4.02. The number of carbonyl (C=O) groups is 1. The molecule has 4 nitrogen and oxygen atoms in total. The summed E-state index contributed by atoms with van der Waals surface area (Å²) in [6.07, 6.45) is -5.97. The maximum absolute atomic E-state index is 12.4. The van der Waals surface area contributed by atoms with Gasteiger partial charge in [-0.25, -0.2) is 0 Å². The zero-order chi connectivity index (χ0) is 13.0. The summed E-state index contributed by atoms with van der Waals surface area (Å²) in [5, 5.41) is 9.88. The molecule has 0 saturated heterocycles. The van der Waals surface area contributed by atoms with Crippen LogP contribution in [0.4, 0.5) is 22.0 Å². The molecule has 0 radical (unpaired) electrons. The minimum absolute atomic E-state index is 0.379. The molecule has 0 spiro atoms. The van der Waals surface area contributed by atoms with E-state index in [0.717, 1.165) is 7.11 Å². The number of halogens is 5. The quantitative estimate of drug-likeness (QED) is 0.691. The first-order chi connectivity index (χ1) is 7.16. The summed E-state index contributed by atoms with van der Waals surface area (Å²) in [6.45, 7) is -1.19. The van der Waals surface area contributed by atoms with Crippen LogP contribution in [-0.4, -0.2) is 49.5 Å². The highest BCUT2D eigenvalue weighted by Crippen LogP contribution is 2.35. The number of rotatable bonds is 5. The van der Waals surface area contributed by atoms with Crippen LogP contribution in [-0.2, 0) is 9.53 Å². The SMILES string of the molecule is COCC(CO)NC(=O)C(F)(F)C(F)(F)F. The molecule has 2 N–H and O–H groups in total. The van der Waals surface area contributed by atoms with Crippen molar-refractivity contribution in [1.82, 2.24) is 5.32 Å². The molecule has 0 aliphatic carbocycles. The summed E-state index contributed by atoms with van der Waals surface area (Å²) in [4.78, 5) is 10.6. The molecule has 96 valence electrons. The van der Waals surface area contributed by atoms with Crippen LogP contribution in [0.15, 0.2) is 0 Å². The number of hydrogen-bond donors (Lipinski definition) is 2. The lowest BCUT2D eigenvalue weighted by molar-refractivity contribution is -0.270. The van der Waals surface area contributed by atoms with Crippen molar-refractivity contribution in [2.75, 3.05) is 20.3 Å². The van der Waals surface area contributed by atoms with Crippen molar-refractivity contribution in [3.8, 4) is 0 Å². The normalized spacial score (nSPS) is 14.7. The van der Waals surface area contributed by atoms with Crippen LogP contribution in [0, 0.1) is 0 Å². The predicted molar refractivity (Wildman–Crippen MR) is 41.9 cm³/mol. The zero-order valence-electron chi connectivity index (χ0n) is 8.15. The lowest BCUT2D eigenvalue weighted by Gasteiger charge is -2.22. The second kappa shape index (κ2) is 5.39. The van der Waals surface area contributed by atoms with Crippen molar-refractivity contribution in [2.45, 2.75) is 18.1 Å². The molecule has 1 unspecified atom stereocenters. The van der Waals surface area contributed by atoms with E-state index in [2.05, 4.69) is 4.74 Å². The number of hydrogen-bond acceptors (Lipinski definition) is 3. The molecule has 9 heteroatoms. The van der Waals surface area contributed by atoms with Crippen molar-refractivity contribution in [1.29, 1.82) is 0 Å². The van der Waals surface area contributed by atoms with E-state index in [4.69, 9.17) is 5.11 Å². The smallest absolute Gasteiger partial charge is 0.394 e. The van der Waals surface area contributed by atoms with Gasteiger partial charge in [-0.15, -0.1) is 0 Å². The summed E-state index contributed by atoms with van der Waals surface area (Å²) in [6, 6.07) is -1.31. The Morgan fingerprint density at radius 3 is 2.19 bits per heavy atom. The molecule has 1 amide bonds. The van der Waals surface area contributed by atoms with Crippen LogP contribution in [0.2, 0.25) is 0 Å². The molecule has 0 aliphatic rings. The van der Waals surface area contributed by atoms with E-state index in [9.17, 15) is 26.7 Å². The minimum atomic E-state index is -5.97. The summed E-state index contributed by atoms with van der Waals surface area (Å²) in [5.74, 6) is -8.01. The number of nitrogens with one attached hydrogen (secondary N) is 1. The summed E-state index contributed by atoms with van der Waals surface area (Å²) in [5.41, 5.74) is 0. The van der Waals surface area contributed by atoms with Gasteiger partial charge in [0.05, 0.1) is 19.3 Å². The van der Waals surface area contributed by atoms with Crippen molar-refractivity contribution in [3.63, 3.8) is 0 Å². The first kappa shape index (κ1) is 15.0. The van der Waals surface area contributed by atoms with Crippen LogP contribution in [0.3, 0.4) is 0 Å². The third kappa shape index (κ3) is 3.56. The Labute approximate surface area is 87.4 Å². The van der Waals surface area contributed by atoms with Crippen molar-refractivity contribution in [2.24, 2.45) is 0 Å². The fourth-order valence-corrected chi connectivity index (χ4v) is 0.746. The standard InChI is InChI=1S/C7H10F5NO3/c1-16-3-4(2-14)13-5(15)6(8,9)7(10,11)12/h4,14H,2-3H2,1H3,(H,13,15). The molecule has 16 heavy (non-hydrogen) atoms. The van der Waals surface area contributed by atoms with Gasteiger partial charge in [-0.05, 0) is 0 Å². The third-order valence-electron chi connectivity index (χ3n) is 1.56. The molecule has 0 saturated carbocycles. The maximum atomic E-state index is 12.4. The molecule has 1 atom stereocenters. The second-order valence-electron chi connectivity index (χ2n) is 2.88. The van der Waals surface area contributed by atoms with E-state index in [0.29, 0.717) is 0 Å². The molecular weight excluding hydrogens is 241 g/mol. The first-order valence-electron chi connectivity index (χ1n) is 4.02. The van der Waals surface area contributed by atoms with Crippen LogP contribution in [0.1, 0.15) is 0 Å². The van der Waals surface area contributed by atoms with E-state index in [1.165, 1.54) is 5.32 Å². The van der Waals surface area contributed by atoms with Gasteiger partial charge in [-0.2, -0.15) is 22.0 Å². The Hall–Kier alpha value is -0.960. The fourth-order valence-electron chi connectivity index (χ4n) is 0.746. The van der Waals surface area contributed by atoms with Gasteiger partial charge >= 0.3 is 18.0 Å². The fraction of sp³-hybridized carbons (Fsp3) is 0.857. The molecular formula is C7H10F5NO3. The number of alkyl halides is 5. The Balaban J connectivity index is 4.56. The van der Waals surface area contributed by atoms with E-state index in [1.54, 1.807) is 0 Å². The number of aliphatic hydroxyl groups is 1. The molecule has 0 bridgehead atoms. The summed E-state index contributed by atoms with van der Waals surface area (Å²) >= 11 is 0. The Morgan fingerprint density at radius 2 is 1.88 bits per heavy atom. The average Bonchev–Trinajstić information content (AvgIpc) is 2.15. The topological polar surface area (TPSA) is 58.6 Å². The zero-order valence-corrected chi connectivity index (χ0v) is 8.15. The molecule has 0 heterocycles. The summed E-state index contributed by atoms with van der Waals surface area (Å²) < 4.78 is 64.4. The van der Waals surface area contributed by atoms with E-state index >= 15 is 0 Å². The Kier molecular flexibility index (Phi) is 5.07. The highest BCUT2D eigenvalue weighted by molar-refractivity contribution is 5.84. The number of methoxy groups -OCH3 is 1. The monoisotopic (exact) mass is 251 g/mol. The lowest BCUT2D eigenvalue weighted by Crippen LogP contribution is -2.54. The van der Waals surface area contributed by atoms with Crippen molar-refractivity contribution >= 4 is 5.91 Å². The van der Waals surface area contributed by atoms with Crippen LogP contribution in [0.5, 0.6) is 0 Å². The number of aliphatic hydroxyl groups excluding tert-OH is 1. The number of carbonyl (C=O) groups excluding carboxylic acids is 1. The molecule has 0 aromatic carbocycles. The van der Waals surface area contributed by atoms with Gasteiger partial charge in [0.15, 0.2) is 0 Å². The van der Waals surface area contributed by atoms with E-state index < -0.39 is 30.7 Å². The van der Waals surface area contributed by atoms with Crippen molar-refractivity contribution in [3.05, 3.63) is 0 Å². The van der Waals surface area contributed by atoms with E-state index in [1.807, 2.05) is 0 Å². The molecule has 0 aromatic heterocycles. The van der Waals surface area contributed by atoms with Gasteiger partial charge in [0, 0.05) is 7.11 Å². The van der Waals surface area contributed by atoms with Gasteiger partial charge < -0.3 is 15.2 Å². The second-order valence-corrected chi connectivity index (χ2v) is 2.88. The van der Waals surface area contributed by atoms with Crippen molar-refractivity contribution < 1.29 is 36.6 Å². The van der Waals surface area contributed by atoms with Gasteiger partial charge in [-0.3, -0.25) is 4.79 Å². The molecule has 0 fully saturated rings. The molecule has 0 rings (SSSR count). The van der Waals surface area contributed by atoms with Crippen LogP contribution in [0.25, 0.3) is 0 Å². The van der Waals surface area contributed by atoms with Crippen LogP contribution < -0.4 is 5.32 Å². The third-order valence-corrected chi connectivity index (χ3v) is 1.56. The average molecular weight is 251 g/mol. The highest BCUT2D eigenvalue weighted by Gasteiger charge is 2.63. The number of amides is 1. The Bertz CT molecular complexity index is 243. The lowest BCUT2D eigenvalue weighted by atomic mass is 10.2. The highest BCUT2D eigenvalue weighted by atomic mass is 19.4. The van der Waals surface area contributed by atoms with Gasteiger partial charge in [-0.1, -0.05) is 0 Å². The largest absolute Gasteiger partial charge is 0.463 e. The predicted octanol–water partition coefficient (Wildman–Crippen LogP) is 0.307. The van der Waals surface area contributed by atoms with E-state index in [-0.39, 0.29) is 6.61 Å². The van der Waals surface area contributed by atoms with Gasteiger partial charge in [0.1, 0.15) is 0 Å².